The van der Waals surface area contributed by atoms with Crippen molar-refractivity contribution in [1.29, 1.82) is 0 Å². The molecule has 0 amide bonds. The second kappa shape index (κ2) is 11.2. The molecule has 0 radical (unpaired) electrons. The predicted octanol–water partition coefficient (Wildman–Crippen LogP) is 12.4. The molecule has 0 bridgehead atoms. The van der Waals surface area contributed by atoms with Crippen molar-refractivity contribution in [2.24, 2.45) is 0 Å². The van der Waals surface area contributed by atoms with Crippen LogP contribution in [0.4, 0.5) is 0 Å². The lowest BCUT2D eigenvalue weighted by atomic mass is 10.0. The van der Waals surface area contributed by atoms with Gasteiger partial charge < -0.3 is 0 Å². The third kappa shape index (κ3) is 4.89. The van der Waals surface area contributed by atoms with Gasteiger partial charge in [-0.15, -0.1) is 22.7 Å². The Balaban J connectivity index is 1.17. The Morgan fingerprint density at radius 2 is 1.00 bits per heavy atom. The van der Waals surface area contributed by atoms with E-state index in [1.54, 1.807) is 0 Å². The van der Waals surface area contributed by atoms with Crippen LogP contribution in [0.3, 0.4) is 0 Å². The summed E-state index contributed by atoms with van der Waals surface area (Å²) in [5, 5.41) is 3.85. The Morgan fingerprint density at radius 3 is 1.85 bits per heavy atom. The van der Waals surface area contributed by atoms with Gasteiger partial charge in [-0.1, -0.05) is 121 Å². The second-order valence-electron chi connectivity index (χ2n) is 11.4. The smallest absolute Gasteiger partial charge is 0.160 e. The quantitative estimate of drug-likeness (QED) is 0.191. The van der Waals surface area contributed by atoms with Crippen LogP contribution in [-0.4, -0.2) is 9.97 Å². The van der Waals surface area contributed by atoms with Crippen LogP contribution in [0.15, 0.2) is 158 Å². The van der Waals surface area contributed by atoms with E-state index >= 15 is 0 Å². The maximum absolute atomic E-state index is 5.18. The number of hydrogen-bond donors (Lipinski definition) is 0. The molecule has 4 heteroatoms. The highest BCUT2D eigenvalue weighted by Gasteiger charge is 2.14. The number of rotatable bonds is 5. The van der Waals surface area contributed by atoms with Crippen molar-refractivity contribution < 1.29 is 0 Å². The van der Waals surface area contributed by atoms with Gasteiger partial charge in [0.05, 0.1) is 11.4 Å². The van der Waals surface area contributed by atoms with Crippen molar-refractivity contribution >= 4 is 52.9 Å². The van der Waals surface area contributed by atoms with Gasteiger partial charge in [0, 0.05) is 46.4 Å². The van der Waals surface area contributed by atoms with Crippen LogP contribution in [0.1, 0.15) is 0 Å². The van der Waals surface area contributed by atoms with E-state index in [0.717, 1.165) is 33.9 Å². The number of aromatic nitrogens is 2. The minimum atomic E-state index is 0.727. The highest BCUT2D eigenvalue weighted by atomic mass is 32.1. The van der Waals surface area contributed by atoms with Crippen molar-refractivity contribution in [1.82, 2.24) is 9.97 Å². The van der Waals surface area contributed by atoms with E-state index in [-0.39, 0.29) is 0 Å². The molecule has 9 aromatic rings. The summed E-state index contributed by atoms with van der Waals surface area (Å²) in [5.41, 5.74) is 8.53. The van der Waals surface area contributed by atoms with Gasteiger partial charge in [-0.25, -0.2) is 9.97 Å². The van der Waals surface area contributed by atoms with Crippen molar-refractivity contribution in [2.75, 3.05) is 0 Å². The van der Waals surface area contributed by atoms with E-state index in [4.69, 9.17) is 9.97 Å². The summed E-state index contributed by atoms with van der Waals surface area (Å²) in [5.74, 6) is 0.727. The summed E-state index contributed by atoms with van der Waals surface area (Å²) in [6.07, 6.45) is 0. The molecule has 0 aliphatic rings. The molecule has 0 aliphatic heterocycles. The molecule has 216 valence electrons. The zero-order chi connectivity index (χ0) is 30.5. The molecule has 0 unspecified atom stereocenters. The van der Waals surface area contributed by atoms with Gasteiger partial charge in [-0.05, 0) is 58.5 Å². The average molecular weight is 623 g/mol. The molecule has 0 atom stereocenters. The van der Waals surface area contributed by atoms with E-state index in [9.17, 15) is 0 Å². The van der Waals surface area contributed by atoms with Gasteiger partial charge in [0.15, 0.2) is 5.82 Å². The fraction of sp³-hybridized carbons (Fsp3) is 0. The molecule has 46 heavy (non-hydrogen) atoms. The van der Waals surface area contributed by atoms with Gasteiger partial charge in [-0.3, -0.25) is 0 Å². The predicted molar refractivity (Wildman–Crippen MR) is 197 cm³/mol. The van der Waals surface area contributed by atoms with Gasteiger partial charge in [-0.2, -0.15) is 0 Å². The molecule has 0 saturated carbocycles. The van der Waals surface area contributed by atoms with E-state index < -0.39 is 0 Å². The molecule has 0 saturated heterocycles. The lowest BCUT2D eigenvalue weighted by molar-refractivity contribution is 1.18. The SMILES string of the molecule is c1ccc(-c2cccc(-c3cc(-c4ccc(-c5cc6ccccc6s5)cc4)nc(-c4ccc5c(c4)sc4ccccc45)n3)c2)cc1. The van der Waals surface area contributed by atoms with E-state index in [1.807, 2.05) is 22.7 Å². The number of hydrogen-bond acceptors (Lipinski definition) is 4. The molecule has 2 nitrogen and oxygen atoms in total. The van der Waals surface area contributed by atoms with Crippen LogP contribution in [0.5, 0.6) is 0 Å². The van der Waals surface area contributed by atoms with Crippen LogP contribution in [-0.2, 0) is 0 Å². The highest BCUT2D eigenvalue weighted by molar-refractivity contribution is 7.25. The van der Waals surface area contributed by atoms with Crippen LogP contribution in [0.25, 0.3) is 85.7 Å². The molecular formula is C42H26N2S2. The van der Waals surface area contributed by atoms with Gasteiger partial charge >= 0.3 is 0 Å². The average Bonchev–Trinajstić information content (AvgIpc) is 3.73. The Kier molecular flexibility index (Phi) is 6.55. The first-order valence-electron chi connectivity index (χ1n) is 15.3. The largest absolute Gasteiger partial charge is 0.228 e. The van der Waals surface area contributed by atoms with Crippen LogP contribution < -0.4 is 0 Å². The zero-order valence-corrected chi connectivity index (χ0v) is 26.4. The summed E-state index contributed by atoms with van der Waals surface area (Å²) >= 11 is 3.65. The number of benzene rings is 6. The molecule has 0 aliphatic carbocycles. The lowest BCUT2D eigenvalue weighted by Crippen LogP contribution is -1.96. The fourth-order valence-electron chi connectivity index (χ4n) is 6.16. The van der Waals surface area contributed by atoms with E-state index in [1.165, 1.54) is 51.8 Å². The van der Waals surface area contributed by atoms with E-state index in [2.05, 4.69) is 158 Å². The van der Waals surface area contributed by atoms with Crippen LogP contribution in [0, 0.1) is 0 Å². The summed E-state index contributed by atoms with van der Waals surface area (Å²) in [7, 11) is 0. The van der Waals surface area contributed by atoms with Crippen molar-refractivity contribution in [2.45, 2.75) is 0 Å². The van der Waals surface area contributed by atoms with Crippen molar-refractivity contribution in [3.63, 3.8) is 0 Å². The van der Waals surface area contributed by atoms with Crippen molar-refractivity contribution in [3.8, 4) is 55.5 Å². The minimum absolute atomic E-state index is 0.727. The number of thiophene rings is 2. The summed E-state index contributed by atoms with van der Waals surface area (Å²) in [6.45, 7) is 0. The van der Waals surface area contributed by atoms with Crippen molar-refractivity contribution in [3.05, 3.63) is 158 Å². The normalized spacial score (nSPS) is 11.5. The maximum Gasteiger partial charge on any atom is 0.160 e. The van der Waals surface area contributed by atoms with Gasteiger partial charge in [0.25, 0.3) is 0 Å². The van der Waals surface area contributed by atoms with E-state index in [0.29, 0.717) is 0 Å². The third-order valence-corrected chi connectivity index (χ3v) is 10.8. The first kappa shape index (κ1) is 26.9. The van der Waals surface area contributed by atoms with Gasteiger partial charge in [0.2, 0.25) is 0 Å². The van der Waals surface area contributed by atoms with Crippen LogP contribution >= 0.6 is 22.7 Å². The summed E-state index contributed by atoms with van der Waals surface area (Å²) < 4.78 is 3.84. The first-order chi connectivity index (χ1) is 22.7. The Bertz CT molecular complexity index is 2490. The fourth-order valence-corrected chi connectivity index (χ4v) is 8.37. The molecule has 3 aromatic heterocycles. The summed E-state index contributed by atoms with van der Waals surface area (Å²) in [6, 6.07) is 56.1. The molecule has 6 aromatic carbocycles. The van der Waals surface area contributed by atoms with Crippen LogP contribution in [0.2, 0.25) is 0 Å². The zero-order valence-electron chi connectivity index (χ0n) is 24.7. The highest BCUT2D eigenvalue weighted by Crippen LogP contribution is 2.38. The summed E-state index contributed by atoms with van der Waals surface area (Å²) in [4.78, 5) is 11.6. The molecule has 3 heterocycles. The number of nitrogens with zero attached hydrogens (tertiary/aromatic N) is 2. The second-order valence-corrected chi connectivity index (χ2v) is 13.6. The molecule has 9 rings (SSSR count). The Labute approximate surface area is 274 Å². The molecule has 0 fully saturated rings. The monoisotopic (exact) mass is 622 g/mol. The van der Waals surface area contributed by atoms with Gasteiger partial charge in [0.1, 0.15) is 0 Å². The Hall–Kier alpha value is -5.42. The minimum Gasteiger partial charge on any atom is -0.228 e. The first-order valence-corrected chi connectivity index (χ1v) is 16.9. The molecular weight excluding hydrogens is 597 g/mol. The standard InChI is InChI=1S/C42H26N2S2/c1-2-9-27(10-3-1)30-12-8-13-31(23-30)37-26-36(28-17-19-29(20-18-28)40-24-32-11-4-6-15-38(32)45-40)43-42(44-37)33-21-22-35-34-14-5-7-16-39(34)46-41(35)25-33/h1-26H. The molecule has 0 spiro atoms. The maximum atomic E-state index is 5.18. The Morgan fingerprint density at radius 1 is 0.348 bits per heavy atom. The third-order valence-electron chi connectivity index (χ3n) is 8.52. The molecule has 0 N–H and O–H groups in total. The topological polar surface area (TPSA) is 25.8 Å². The lowest BCUT2D eigenvalue weighted by Gasteiger charge is -2.11. The number of fused-ring (bicyclic) bond motifs is 4.